The van der Waals surface area contributed by atoms with Gasteiger partial charge in [0.25, 0.3) is 0 Å². The zero-order chi connectivity index (χ0) is 17.5. The highest BCUT2D eigenvalue weighted by Crippen LogP contribution is 2.18. The van der Waals surface area contributed by atoms with Gasteiger partial charge in [-0.15, -0.1) is 0 Å². The summed E-state index contributed by atoms with van der Waals surface area (Å²) in [6.45, 7) is 2.73. The van der Waals surface area contributed by atoms with E-state index in [2.05, 4.69) is 5.32 Å². The average molecular weight is 332 g/mol. The number of rotatable bonds is 7. The van der Waals surface area contributed by atoms with Crippen LogP contribution < -0.4 is 5.32 Å². The molecule has 2 aromatic rings. The molecular weight excluding hydrogens is 310 g/mol. The summed E-state index contributed by atoms with van der Waals surface area (Å²) in [5.41, 5.74) is 1.93. The van der Waals surface area contributed by atoms with Crippen molar-refractivity contribution >= 4 is 5.91 Å². The zero-order valence-electron chi connectivity index (χ0n) is 13.9. The standard InChI is InChI=1S/C19H22F2N2O/c1-14(16-5-9-18(21)10-6-16)23(2)13-19(24)22-12-11-15-3-7-17(20)8-4-15/h3-10,14H,11-13H2,1-2H3,(H,22,24). The van der Waals surface area contributed by atoms with Crippen molar-refractivity contribution in [3.8, 4) is 0 Å². The smallest absolute Gasteiger partial charge is 0.234 e. The Balaban J connectivity index is 1.76. The molecule has 128 valence electrons. The number of halogens is 2. The van der Waals surface area contributed by atoms with Crippen LogP contribution in [0.4, 0.5) is 8.78 Å². The van der Waals surface area contributed by atoms with Crippen molar-refractivity contribution in [2.75, 3.05) is 20.1 Å². The number of hydrogen-bond acceptors (Lipinski definition) is 2. The van der Waals surface area contributed by atoms with Crippen LogP contribution in [-0.2, 0) is 11.2 Å². The minimum Gasteiger partial charge on any atom is -0.355 e. The molecule has 0 bridgehead atoms. The van der Waals surface area contributed by atoms with E-state index in [-0.39, 0.29) is 30.1 Å². The summed E-state index contributed by atoms with van der Waals surface area (Å²) in [6, 6.07) is 12.5. The molecule has 0 radical (unpaired) electrons. The normalized spacial score (nSPS) is 12.2. The molecule has 3 nitrogen and oxygen atoms in total. The number of carbonyl (C=O) groups is 1. The molecule has 0 aliphatic heterocycles. The Hall–Kier alpha value is -2.27. The fourth-order valence-electron chi connectivity index (χ4n) is 2.41. The number of benzene rings is 2. The van der Waals surface area contributed by atoms with Crippen LogP contribution in [0, 0.1) is 11.6 Å². The Kier molecular flexibility index (Phi) is 6.44. The van der Waals surface area contributed by atoms with Crippen molar-refractivity contribution in [3.63, 3.8) is 0 Å². The molecule has 2 rings (SSSR count). The van der Waals surface area contributed by atoms with Gasteiger partial charge < -0.3 is 5.32 Å². The van der Waals surface area contributed by atoms with Gasteiger partial charge in [-0.05, 0) is 55.8 Å². The first-order chi connectivity index (χ1) is 11.5. The van der Waals surface area contributed by atoms with E-state index in [1.54, 1.807) is 24.3 Å². The number of amides is 1. The van der Waals surface area contributed by atoms with E-state index in [9.17, 15) is 13.6 Å². The van der Waals surface area contributed by atoms with Crippen molar-refractivity contribution in [3.05, 3.63) is 71.3 Å². The monoisotopic (exact) mass is 332 g/mol. The summed E-state index contributed by atoms with van der Waals surface area (Å²) in [6.07, 6.45) is 0.656. The summed E-state index contributed by atoms with van der Waals surface area (Å²) in [4.78, 5) is 13.9. The van der Waals surface area contributed by atoms with E-state index < -0.39 is 0 Å². The lowest BCUT2D eigenvalue weighted by Crippen LogP contribution is -2.37. The highest BCUT2D eigenvalue weighted by atomic mass is 19.1. The maximum Gasteiger partial charge on any atom is 0.234 e. The SMILES string of the molecule is CC(c1ccc(F)cc1)N(C)CC(=O)NCCc1ccc(F)cc1. The van der Waals surface area contributed by atoms with E-state index in [1.807, 2.05) is 18.9 Å². The molecule has 0 saturated heterocycles. The Morgan fingerprint density at radius 1 is 1.04 bits per heavy atom. The molecule has 2 aromatic carbocycles. The largest absolute Gasteiger partial charge is 0.355 e. The highest BCUT2D eigenvalue weighted by Gasteiger charge is 2.14. The second-order valence-electron chi connectivity index (χ2n) is 5.87. The second kappa shape index (κ2) is 8.55. The van der Waals surface area contributed by atoms with Crippen molar-refractivity contribution in [1.82, 2.24) is 10.2 Å². The molecule has 24 heavy (non-hydrogen) atoms. The van der Waals surface area contributed by atoms with E-state index >= 15 is 0 Å². The third-order valence-electron chi connectivity index (χ3n) is 4.06. The van der Waals surface area contributed by atoms with Crippen LogP contribution in [0.2, 0.25) is 0 Å². The molecule has 0 aliphatic carbocycles. The average Bonchev–Trinajstić information content (AvgIpc) is 2.56. The van der Waals surface area contributed by atoms with Crippen LogP contribution in [0.3, 0.4) is 0 Å². The molecule has 0 aromatic heterocycles. The van der Waals surface area contributed by atoms with E-state index in [0.717, 1.165) is 11.1 Å². The van der Waals surface area contributed by atoms with E-state index in [0.29, 0.717) is 13.0 Å². The summed E-state index contributed by atoms with van der Waals surface area (Å²) >= 11 is 0. The van der Waals surface area contributed by atoms with Crippen LogP contribution >= 0.6 is 0 Å². The number of likely N-dealkylation sites (N-methyl/N-ethyl adjacent to an activating group) is 1. The number of nitrogens with one attached hydrogen (secondary N) is 1. The summed E-state index contributed by atoms with van der Waals surface area (Å²) in [5.74, 6) is -0.611. The molecule has 1 unspecified atom stereocenters. The van der Waals surface area contributed by atoms with Gasteiger partial charge in [0.1, 0.15) is 11.6 Å². The molecule has 5 heteroatoms. The lowest BCUT2D eigenvalue weighted by atomic mass is 10.1. The lowest BCUT2D eigenvalue weighted by Gasteiger charge is -2.24. The molecule has 0 fully saturated rings. The molecular formula is C19H22F2N2O. The van der Waals surface area contributed by atoms with Gasteiger partial charge in [0.2, 0.25) is 5.91 Å². The first kappa shape index (κ1) is 18.1. The molecule has 1 N–H and O–H groups in total. The van der Waals surface area contributed by atoms with Crippen LogP contribution in [0.5, 0.6) is 0 Å². The number of hydrogen-bond donors (Lipinski definition) is 1. The Morgan fingerprint density at radius 3 is 2.17 bits per heavy atom. The predicted molar refractivity (Wildman–Crippen MR) is 90.6 cm³/mol. The summed E-state index contributed by atoms with van der Waals surface area (Å²) in [5, 5.41) is 2.86. The third kappa shape index (κ3) is 5.42. The molecule has 0 saturated carbocycles. The number of nitrogens with zero attached hydrogens (tertiary/aromatic N) is 1. The molecule has 0 aliphatic rings. The predicted octanol–water partition coefficient (Wildman–Crippen LogP) is 3.32. The first-order valence-corrected chi connectivity index (χ1v) is 7.92. The Labute approximate surface area is 141 Å². The zero-order valence-corrected chi connectivity index (χ0v) is 13.9. The lowest BCUT2D eigenvalue weighted by molar-refractivity contribution is -0.122. The van der Waals surface area contributed by atoms with Crippen LogP contribution in [0.15, 0.2) is 48.5 Å². The third-order valence-corrected chi connectivity index (χ3v) is 4.06. The Morgan fingerprint density at radius 2 is 1.58 bits per heavy atom. The van der Waals surface area contributed by atoms with Crippen molar-refractivity contribution in [2.24, 2.45) is 0 Å². The van der Waals surface area contributed by atoms with Gasteiger partial charge in [-0.3, -0.25) is 9.69 Å². The topological polar surface area (TPSA) is 32.3 Å². The molecule has 0 spiro atoms. The van der Waals surface area contributed by atoms with Gasteiger partial charge >= 0.3 is 0 Å². The first-order valence-electron chi connectivity index (χ1n) is 7.92. The minimum atomic E-state index is -0.271. The van der Waals surface area contributed by atoms with Crippen LogP contribution in [-0.4, -0.2) is 30.9 Å². The van der Waals surface area contributed by atoms with Gasteiger partial charge in [0.05, 0.1) is 6.54 Å². The van der Waals surface area contributed by atoms with Crippen molar-refractivity contribution in [2.45, 2.75) is 19.4 Å². The van der Waals surface area contributed by atoms with Crippen LogP contribution in [0.1, 0.15) is 24.1 Å². The summed E-state index contributed by atoms with van der Waals surface area (Å²) in [7, 11) is 1.85. The van der Waals surface area contributed by atoms with Crippen LogP contribution in [0.25, 0.3) is 0 Å². The van der Waals surface area contributed by atoms with Gasteiger partial charge in [-0.2, -0.15) is 0 Å². The second-order valence-corrected chi connectivity index (χ2v) is 5.87. The molecule has 1 atom stereocenters. The number of carbonyl (C=O) groups excluding carboxylic acids is 1. The molecule has 0 heterocycles. The van der Waals surface area contributed by atoms with Gasteiger partial charge in [0.15, 0.2) is 0 Å². The molecule has 1 amide bonds. The fourth-order valence-corrected chi connectivity index (χ4v) is 2.41. The maximum absolute atomic E-state index is 13.0. The highest BCUT2D eigenvalue weighted by molar-refractivity contribution is 5.78. The van der Waals surface area contributed by atoms with E-state index in [4.69, 9.17) is 0 Å². The summed E-state index contributed by atoms with van der Waals surface area (Å²) < 4.78 is 25.8. The van der Waals surface area contributed by atoms with E-state index in [1.165, 1.54) is 24.3 Å². The quantitative estimate of drug-likeness (QED) is 0.844. The van der Waals surface area contributed by atoms with Gasteiger partial charge in [-0.25, -0.2) is 8.78 Å². The minimum absolute atomic E-state index is 0.00782. The Bertz CT molecular complexity index is 656. The fraction of sp³-hybridized carbons (Fsp3) is 0.316. The maximum atomic E-state index is 13.0. The van der Waals surface area contributed by atoms with Crippen molar-refractivity contribution in [1.29, 1.82) is 0 Å². The van der Waals surface area contributed by atoms with Crippen molar-refractivity contribution < 1.29 is 13.6 Å². The van der Waals surface area contributed by atoms with Gasteiger partial charge in [0, 0.05) is 12.6 Å². The van der Waals surface area contributed by atoms with Gasteiger partial charge in [-0.1, -0.05) is 24.3 Å².